The molecule has 2 rings (SSSR count). The Bertz CT molecular complexity index is 570. The van der Waals surface area contributed by atoms with Gasteiger partial charge in [-0.3, -0.25) is 0 Å². The third kappa shape index (κ3) is 1.69. The second-order valence-corrected chi connectivity index (χ2v) is 3.43. The summed E-state index contributed by atoms with van der Waals surface area (Å²) >= 11 is 0. The van der Waals surface area contributed by atoms with Crippen LogP contribution in [0.25, 0.3) is 11.1 Å². The molecule has 0 saturated heterocycles. The van der Waals surface area contributed by atoms with Gasteiger partial charge in [0.1, 0.15) is 5.75 Å². The first kappa shape index (κ1) is 10.1. The summed E-state index contributed by atoms with van der Waals surface area (Å²) < 4.78 is 0. The molecule has 3 heteroatoms. The van der Waals surface area contributed by atoms with Gasteiger partial charge in [0.05, 0.1) is 17.3 Å². The smallest absolute Gasteiger partial charge is 0.139 e. The summed E-state index contributed by atoms with van der Waals surface area (Å²) in [5.41, 5.74) is 8.00. The predicted molar refractivity (Wildman–Crippen MR) is 62.7 cm³/mol. The Morgan fingerprint density at radius 1 is 1.12 bits per heavy atom. The van der Waals surface area contributed by atoms with Crippen molar-refractivity contribution in [3.63, 3.8) is 0 Å². The van der Waals surface area contributed by atoms with E-state index in [0.29, 0.717) is 11.3 Å². The van der Waals surface area contributed by atoms with E-state index >= 15 is 0 Å². The first-order valence-electron chi connectivity index (χ1n) is 4.80. The molecule has 0 unspecified atom stereocenters. The van der Waals surface area contributed by atoms with Crippen LogP contribution in [0.15, 0.2) is 42.5 Å². The SMILES string of the molecule is N#Cc1ccccc1-c1ccc(N)c(O)c1. The average molecular weight is 210 g/mol. The summed E-state index contributed by atoms with van der Waals surface area (Å²) in [6.07, 6.45) is 0. The molecular formula is C13H10N2O. The number of nitrogens with two attached hydrogens (primary N) is 1. The van der Waals surface area contributed by atoms with Gasteiger partial charge >= 0.3 is 0 Å². The lowest BCUT2D eigenvalue weighted by Gasteiger charge is -2.05. The Morgan fingerprint density at radius 2 is 1.88 bits per heavy atom. The van der Waals surface area contributed by atoms with E-state index in [1.807, 2.05) is 12.1 Å². The molecule has 0 aliphatic rings. The van der Waals surface area contributed by atoms with E-state index in [1.165, 1.54) is 0 Å². The van der Waals surface area contributed by atoms with Crippen molar-refractivity contribution in [3.05, 3.63) is 48.0 Å². The zero-order valence-corrected chi connectivity index (χ0v) is 8.51. The van der Waals surface area contributed by atoms with Crippen LogP contribution in [0.3, 0.4) is 0 Å². The van der Waals surface area contributed by atoms with Crippen LogP contribution in [0.2, 0.25) is 0 Å². The van der Waals surface area contributed by atoms with E-state index in [-0.39, 0.29) is 5.75 Å². The summed E-state index contributed by atoms with van der Waals surface area (Å²) in [7, 11) is 0. The Labute approximate surface area is 93.4 Å². The van der Waals surface area contributed by atoms with Crippen molar-refractivity contribution in [1.82, 2.24) is 0 Å². The molecular weight excluding hydrogens is 200 g/mol. The van der Waals surface area contributed by atoms with Crippen molar-refractivity contribution in [1.29, 1.82) is 5.26 Å². The van der Waals surface area contributed by atoms with E-state index in [2.05, 4.69) is 6.07 Å². The molecule has 0 aliphatic carbocycles. The van der Waals surface area contributed by atoms with E-state index in [1.54, 1.807) is 30.3 Å². The number of hydrogen-bond donors (Lipinski definition) is 2. The van der Waals surface area contributed by atoms with E-state index in [4.69, 9.17) is 11.0 Å². The molecule has 0 spiro atoms. The number of anilines is 1. The van der Waals surface area contributed by atoms with E-state index < -0.39 is 0 Å². The fourth-order valence-corrected chi connectivity index (χ4v) is 1.54. The van der Waals surface area contributed by atoms with Crippen molar-refractivity contribution in [2.75, 3.05) is 5.73 Å². The lowest BCUT2D eigenvalue weighted by atomic mass is 10.00. The van der Waals surface area contributed by atoms with Gasteiger partial charge in [0, 0.05) is 0 Å². The third-order valence-corrected chi connectivity index (χ3v) is 2.39. The Hall–Kier alpha value is -2.47. The summed E-state index contributed by atoms with van der Waals surface area (Å²) in [6.45, 7) is 0. The van der Waals surface area contributed by atoms with Crippen molar-refractivity contribution in [3.8, 4) is 22.9 Å². The predicted octanol–water partition coefficient (Wildman–Crippen LogP) is 2.51. The van der Waals surface area contributed by atoms with Gasteiger partial charge in [-0.2, -0.15) is 5.26 Å². The highest BCUT2D eigenvalue weighted by Gasteiger charge is 2.05. The second kappa shape index (κ2) is 3.95. The average Bonchev–Trinajstić information content (AvgIpc) is 2.32. The van der Waals surface area contributed by atoms with Gasteiger partial charge in [-0.1, -0.05) is 24.3 Å². The number of rotatable bonds is 1. The molecule has 0 aliphatic heterocycles. The molecule has 3 nitrogen and oxygen atoms in total. The summed E-state index contributed by atoms with van der Waals surface area (Å²) in [5, 5.41) is 18.5. The molecule has 0 heterocycles. The molecule has 0 saturated carbocycles. The molecule has 0 atom stereocenters. The first-order chi connectivity index (χ1) is 7.72. The highest BCUT2D eigenvalue weighted by atomic mass is 16.3. The van der Waals surface area contributed by atoms with Gasteiger partial charge in [0.2, 0.25) is 0 Å². The number of hydrogen-bond acceptors (Lipinski definition) is 3. The first-order valence-corrected chi connectivity index (χ1v) is 4.80. The van der Waals surface area contributed by atoms with Gasteiger partial charge in [0.25, 0.3) is 0 Å². The molecule has 16 heavy (non-hydrogen) atoms. The van der Waals surface area contributed by atoms with Gasteiger partial charge in [0.15, 0.2) is 0 Å². The van der Waals surface area contributed by atoms with Crippen molar-refractivity contribution >= 4 is 5.69 Å². The van der Waals surface area contributed by atoms with Crippen molar-refractivity contribution < 1.29 is 5.11 Å². The molecule has 3 N–H and O–H groups in total. The maximum atomic E-state index is 9.52. The number of nitriles is 1. The van der Waals surface area contributed by atoms with Crippen molar-refractivity contribution in [2.24, 2.45) is 0 Å². The number of phenolic OH excluding ortho intramolecular Hbond substituents is 1. The number of nitrogen functional groups attached to an aromatic ring is 1. The van der Waals surface area contributed by atoms with Gasteiger partial charge < -0.3 is 10.8 Å². The molecule has 78 valence electrons. The summed E-state index contributed by atoms with van der Waals surface area (Å²) in [5.74, 6) is 0.0326. The molecule has 2 aromatic rings. The normalized spacial score (nSPS) is 9.69. The fraction of sp³-hybridized carbons (Fsp3) is 0. The number of nitrogens with zero attached hydrogens (tertiary/aromatic N) is 1. The highest BCUT2D eigenvalue weighted by Crippen LogP contribution is 2.29. The fourth-order valence-electron chi connectivity index (χ4n) is 1.54. The Morgan fingerprint density at radius 3 is 2.56 bits per heavy atom. The van der Waals surface area contributed by atoms with Crippen LogP contribution in [0.4, 0.5) is 5.69 Å². The number of phenols is 1. The maximum Gasteiger partial charge on any atom is 0.139 e. The van der Waals surface area contributed by atoms with Crippen LogP contribution in [0.1, 0.15) is 5.56 Å². The molecule has 0 amide bonds. The lowest BCUT2D eigenvalue weighted by molar-refractivity contribution is 0.478. The third-order valence-electron chi connectivity index (χ3n) is 2.39. The Balaban J connectivity index is 2.60. The van der Waals surface area contributed by atoms with E-state index in [0.717, 1.165) is 11.1 Å². The zero-order valence-electron chi connectivity index (χ0n) is 8.51. The summed E-state index contributed by atoms with van der Waals surface area (Å²) in [4.78, 5) is 0. The monoisotopic (exact) mass is 210 g/mol. The second-order valence-electron chi connectivity index (χ2n) is 3.43. The van der Waals surface area contributed by atoms with Crippen LogP contribution < -0.4 is 5.73 Å². The van der Waals surface area contributed by atoms with Crippen LogP contribution in [-0.4, -0.2) is 5.11 Å². The van der Waals surface area contributed by atoms with Gasteiger partial charge in [-0.15, -0.1) is 0 Å². The van der Waals surface area contributed by atoms with Gasteiger partial charge in [-0.25, -0.2) is 0 Å². The van der Waals surface area contributed by atoms with E-state index in [9.17, 15) is 5.11 Å². The number of aromatic hydroxyl groups is 1. The van der Waals surface area contributed by atoms with Crippen LogP contribution in [0.5, 0.6) is 5.75 Å². The van der Waals surface area contributed by atoms with Crippen molar-refractivity contribution in [2.45, 2.75) is 0 Å². The van der Waals surface area contributed by atoms with Crippen LogP contribution >= 0.6 is 0 Å². The topological polar surface area (TPSA) is 70.0 Å². The number of benzene rings is 2. The standard InChI is InChI=1S/C13H10N2O/c14-8-10-3-1-2-4-11(10)9-5-6-12(15)13(16)7-9/h1-7,16H,15H2. The van der Waals surface area contributed by atoms with Crippen LogP contribution in [0, 0.1) is 11.3 Å². The molecule has 2 aromatic carbocycles. The zero-order chi connectivity index (χ0) is 11.5. The van der Waals surface area contributed by atoms with Crippen LogP contribution in [-0.2, 0) is 0 Å². The Kier molecular flexibility index (Phi) is 2.49. The maximum absolute atomic E-state index is 9.52. The molecule has 0 fully saturated rings. The minimum Gasteiger partial charge on any atom is -0.506 e. The molecule has 0 radical (unpaired) electrons. The van der Waals surface area contributed by atoms with Gasteiger partial charge in [-0.05, 0) is 29.3 Å². The minimum atomic E-state index is 0.0326. The highest BCUT2D eigenvalue weighted by molar-refractivity contribution is 5.74. The minimum absolute atomic E-state index is 0.0326. The quantitative estimate of drug-likeness (QED) is 0.561. The summed E-state index contributed by atoms with van der Waals surface area (Å²) in [6, 6.07) is 14.3. The molecule has 0 aromatic heterocycles. The lowest BCUT2D eigenvalue weighted by Crippen LogP contribution is -1.87. The molecule has 0 bridgehead atoms. The largest absolute Gasteiger partial charge is 0.506 e.